The molecule has 1 amide bonds. The molecule has 0 aromatic heterocycles. The van der Waals surface area contributed by atoms with Gasteiger partial charge in [-0.05, 0) is 13.3 Å². The van der Waals surface area contributed by atoms with Crippen LogP contribution in [0.2, 0.25) is 0 Å². The molecule has 3 N–H and O–H groups in total. The van der Waals surface area contributed by atoms with Crippen LogP contribution in [0, 0.1) is 0 Å². The Morgan fingerprint density at radius 1 is 1.90 bits per heavy atom. The standard InChI is InChI=1S/C7H14N2O/c1-3-4-6(2)9-7(10)5-8/h3,6H,1,4-5,8H2,2H3,(H,9,10). The van der Waals surface area contributed by atoms with E-state index in [2.05, 4.69) is 11.9 Å². The first kappa shape index (κ1) is 9.17. The van der Waals surface area contributed by atoms with E-state index in [4.69, 9.17) is 5.73 Å². The van der Waals surface area contributed by atoms with Crippen molar-refractivity contribution < 1.29 is 4.79 Å². The molecule has 1 atom stereocenters. The molecule has 0 saturated carbocycles. The number of amides is 1. The van der Waals surface area contributed by atoms with Gasteiger partial charge in [0.1, 0.15) is 0 Å². The van der Waals surface area contributed by atoms with Gasteiger partial charge in [0.25, 0.3) is 0 Å². The predicted molar refractivity (Wildman–Crippen MR) is 41.5 cm³/mol. The normalized spacial score (nSPS) is 12.2. The summed E-state index contributed by atoms with van der Waals surface area (Å²) in [5.74, 6) is -0.116. The summed E-state index contributed by atoms with van der Waals surface area (Å²) in [5, 5.41) is 2.70. The Hall–Kier alpha value is -0.830. The van der Waals surface area contributed by atoms with Crippen LogP contribution in [0.4, 0.5) is 0 Å². The van der Waals surface area contributed by atoms with Crippen LogP contribution in [0.1, 0.15) is 13.3 Å². The molecule has 0 bridgehead atoms. The van der Waals surface area contributed by atoms with Gasteiger partial charge in [0.05, 0.1) is 6.54 Å². The Bertz CT molecular complexity index is 123. The molecule has 0 aliphatic rings. The molecule has 0 aliphatic carbocycles. The monoisotopic (exact) mass is 142 g/mol. The van der Waals surface area contributed by atoms with E-state index >= 15 is 0 Å². The van der Waals surface area contributed by atoms with Crippen molar-refractivity contribution in [3.8, 4) is 0 Å². The Balaban J connectivity index is 3.46. The smallest absolute Gasteiger partial charge is 0.233 e. The molecule has 0 radical (unpaired) electrons. The molecule has 1 unspecified atom stereocenters. The largest absolute Gasteiger partial charge is 0.352 e. The molecular formula is C7H14N2O. The van der Waals surface area contributed by atoms with Gasteiger partial charge >= 0.3 is 0 Å². The van der Waals surface area contributed by atoms with Crippen molar-refractivity contribution >= 4 is 5.91 Å². The summed E-state index contributed by atoms with van der Waals surface area (Å²) >= 11 is 0. The van der Waals surface area contributed by atoms with Crippen LogP contribution >= 0.6 is 0 Å². The van der Waals surface area contributed by atoms with Gasteiger partial charge in [-0.25, -0.2) is 0 Å². The lowest BCUT2D eigenvalue weighted by Gasteiger charge is -2.09. The molecule has 0 aromatic carbocycles. The highest BCUT2D eigenvalue weighted by Gasteiger charge is 2.01. The first-order chi connectivity index (χ1) is 4.70. The van der Waals surface area contributed by atoms with Crippen LogP contribution in [-0.2, 0) is 4.79 Å². The zero-order chi connectivity index (χ0) is 7.98. The van der Waals surface area contributed by atoms with E-state index in [-0.39, 0.29) is 18.5 Å². The fourth-order valence-electron chi connectivity index (χ4n) is 0.643. The van der Waals surface area contributed by atoms with Crippen molar-refractivity contribution in [1.29, 1.82) is 0 Å². The van der Waals surface area contributed by atoms with Gasteiger partial charge in [0, 0.05) is 6.04 Å². The van der Waals surface area contributed by atoms with Gasteiger partial charge in [-0.15, -0.1) is 6.58 Å². The fourth-order valence-corrected chi connectivity index (χ4v) is 0.643. The van der Waals surface area contributed by atoms with Crippen molar-refractivity contribution in [1.82, 2.24) is 5.32 Å². The third-order valence-corrected chi connectivity index (χ3v) is 1.11. The molecular weight excluding hydrogens is 128 g/mol. The summed E-state index contributed by atoms with van der Waals surface area (Å²) in [6, 6.07) is 0.147. The van der Waals surface area contributed by atoms with Crippen LogP contribution in [0.25, 0.3) is 0 Å². The van der Waals surface area contributed by atoms with E-state index in [1.807, 2.05) is 6.92 Å². The zero-order valence-corrected chi connectivity index (χ0v) is 6.26. The maximum atomic E-state index is 10.6. The zero-order valence-electron chi connectivity index (χ0n) is 6.26. The van der Waals surface area contributed by atoms with Crippen molar-refractivity contribution in [2.75, 3.05) is 6.54 Å². The maximum Gasteiger partial charge on any atom is 0.233 e. The Morgan fingerprint density at radius 3 is 2.90 bits per heavy atom. The average Bonchev–Trinajstić information content (AvgIpc) is 1.88. The van der Waals surface area contributed by atoms with Gasteiger partial charge < -0.3 is 11.1 Å². The summed E-state index contributed by atoms with van der Waals surface area (Å²) in [6.07, 6.45) is 2.55. The molecule has 0 fully saturated rings. The molecule has 10 heavy (non-hydrogen) atoms. The fraction of sp³-hybridized carbons (Fsp3) is 0.571. The minimum absolute atomic E-state index is 0.0570. The first-order valence-corrected chi connectivity index (χ1v) is 3.31. The second-order valence-corrected chi connectivity index (χ2v) is 2.20. The maximum absolute atomic E-state index is 10.6. The SMILES string of the molecule is C=CCC(C)NC(=O)CN. The van der Waals surface area contributed by atoms with Crippen LogP contribution in [0.3, 0.4) is 0 Å². The highest BCUT2D eigenvalue weighted by atomic mass is 16.1. The Kier molecular flexibility index (Phi) is 4.58. The molecule has 0 rings (SSSR count). The molecule has 0 aliphatic heterocycles. The second-order valence-electron chi connectivity index (χ2n) is 2.20. The lowest BCUT2D eigenvalue weighted by atomic mass is 10.2. The van der Waals surface area contributed by atoms with E-state index in [0.29, 0.717) is 0 Å². The van der Waals surface area contributed by atoms with Gasteiger partial charge in [-0.3, -0.25) is 4.79 Å². The minimum atomic E-state index is -0.116. The van der Waals surface area contributed by atoms with E-state index in [0.717, 1.165) is 6.42 Å². The minimum Gasteiger partial charge on any atom is -0.352 e. The van der Waals surface area contributed by atoms with Crippen molar-refractivity contribution in [2.45, 2.75) is 19.4 Å². The number of carbonyl (C=O) groups excluding carboxylic acids is 1. The summed E-state index contributed by atoms with van der Waals surface area (Å²) in [7, 11) is 0. The topological polar surface area (TPSA) is 55.1 Å². The Labute approximate surface area is 61.3 Å². The molecule has 3 heteroatoms. The van der Waals surface area contributed by atoms with E-state index in [1.165, 1.54) is 0 Å². The van der Waals surface area contributed by atoms with E-state index < -0.39 is 0 Å². The van der Waals surface area contributed by atoms with Crippen LogP contribution < -0.4 is 11.1 Å². The molecule has 58 valence electrons. The predicted octanol–water partition coefficient (Wildman–Crippen LogP) is 0.0259. The second kappa shape index (κ2) is 4.99. The Morgan fingerprint density at radius 2 is 2.50 bits per heavy atom. The molecule has 0 saturated heterocycles. The molecule has 0 aromatic rings. The third-order valence-electron chi connectivity index (χ3n) is 1.11. The summed E-state index contributed by atoms with van der Waals surface area (Å²) in [6.45, 7) is 5.52. The molecule has 0 heterocycles. The third kappa shape index (κ3) is 4.09. The van der Waals surface area contributed by atoms with Gasteiger partial charge in [-0.1, -0.05) is 6.08 Å². The first-order valence-electron chi connectivity index (χ1n) is 3.31. The van der Waals surface area contributed by atoms with Crippen molar-refractivity contribution in [3.63, 3.8) is 0 Å². The van der Waals surface area contributed by atoms with Crippen molar-refractivity contribution in [2.24, 2.45) is 5.73 Å². The van der Waals surface area contributed by atoms with Gasteiger partial charge in [-0.2, -0.15) is 0 Å². The highest BCUT2D eigenvalue weighted by Crippen LogP contribution is 1.88. The molecule has 3 nitrogen and oxygen atoms in total. The summed E-state index contributed by atoms with van der Waals surface area (Å²) in [4.78, 5) is 10.6. The summed E-state index contributed by atoms with van der Waals surface area (Å²) < 4.78 is 0. The number of hydrogen-bond acceptors (Lipinski definition) is 2. The lowest BCUT2D eigenvalue weighted by molar-refractivity contribution is -0.120. The lowest BCUT2D eigenvalue weighted by Crippen LogP contribution is -2.36. The number of nitrogens with one attached hydrogen (secondary N) is 1. The van der Waals surface area contributed by atoms with Gasteiger partial charge in [0.2, 0.25) is 5.91 Å². The van der Waals surface area contributed by atoms with Crippen LogP contribution in [0.5, 0.6) is 0 Å². The van der Waals surface area contributed by atoms with E-state index in [9.17, 15) is 4.79 Å². The van der Waals surface area contributed by atoms with Crippen LogP contribution in [-0.4, -0.2) is 18.5 Å². The highest BCUT2D eigenvalue weighted by molar-refractivity contribution is 5.77. The van der Waals surface area contributed by atoms with E-state index in [1.54, 1.807) is 6.08 Å². The number of rotatable bonds is 4. The van der Waals surface area contributed by atoms with Crippen molar-refractivity contribution in [3.05, 3.63) is 12.7 Å². The molecule has 0 spiro atoms. The van der Waals surface area contributed by atoms with Gasteiger partial charge in [0.15, 0.2) is 0 Å². The van der Waals surface area contributed by atoms with Crippen LogP contribution in [0.15, 0.2) is 12.7 Å². The average molecular weight is 142 g/mol. The summed E-state index contributed by atoms with van der Waals surface area (Å²) in [5.41, 5.74) is 5.08. The number of hydrogen-bond donors (Lipinski definition) is 2. The number of carbonyl (C=O) groups is 1. The number of nitrogens with two attached hydrogens (primary N) is 1. The quantitative estimate of drug-likeness (QED) is 0.544.